The molecule has 0 saturated carbocycles. The number of benzene rings is 1. The van der Waals surface area contributed by atoms with Crippen molar-refractivity contribution in [2.45, 2.75) is 0 Å². The Morgan fingerprint density at radius 1 is 1.47 bits per heavy atom. The fourth-order valence-corrected chi connectivity index (χ4v) is 1.92. The first-order chi connectivity index (χ1) is 9.22. The van der Waals surface area contributed by atoms with Gasteiger partial charge in [-0.2, -0.15) is 0 Å². The van der Waals surface area contributed by atoms with Crippen LogP contribution in [0.4, 0.5) is 5.82 Å². The van der Waals surface area contributed by atoms with E-state index in [2.05, 4.69) is 21.0 Å². The normalized spacial score (nSPS) is 10.8. The largest absolute Gasteiger partial charge is 0.495 e. The van der Waals surface area contributed by atoms with Gasteiger partial charge >= 0.3 is 5.69 Å². The van der Waals surface area contributed by atoms with Crippen molar-refractivity contribution in [1.82, 2.24) is 19.5 Å². The van der Waals surface area contributed by atoms with Crippen LogP contribution in [0, 0.1) is 6.07 Å². The quantitative estimate of drug-likeness (QED) is 0.695. The van der Waals surface area contributed by atoms with Gasteiger partial charge in [-0.1, -0.05) is 6.07 Å². The van der Waals surface area contributed by atoms with E-state index in [9.17, 15) is 4.79 Å². The summed E-state index contributed by atoms with van der Waals surface area (Å²) in [4.78, 5) is 22.6. The SMILES string of the molecule is COc1cc[c]cc1-n1c(=O)[nH]c2c(N)ncnc21. The van der Waals surface area contributed by atoms with E-state index in [0.29, 0.717) is 22.6 Å². The van der Waals surface area contributed by atoms with Gasteiger partial charge in [-0.3, -0.25) is 0 Å². The molecule has 0 unspecified atom stereocenters. The molecular formula is C12H10N5O2. The van der Waals surface area contributed by atoms with Gasteiger partial charge in [0.05, 0.1) is 12.8 Å². The standard InChI is InChI=1S/C12H10N5O2/c1-19-8-5-3-2-4-7(8)17-11-9(16-12(17)18)10(13)14-6-15-11/h3-6H,1H3,(H,16,18)(H2,13,14,15). The molecule has 0 aliphatic rings. The fourth-order valence-electron chi connectivity index (χ4n) is 1.92. The molecule has 0 aliphatic heterocycles. The van der Waals surface area contributed by atoms with Crippen molar-refractivity contribution in [3.8, 4) is 11.4 Å². The topological polar surface area (TPSA) is 98.8 Å². The van der Waals surface area contributed by atoms with E-state index in [1.54, 1.807) is 18.2 Å². The second kappa shape index (κ2) is 4.13. The van der Waals surface area contributed by atoms with Gasteiger partial charge in [-0.05, 0) is 18.2 Å². The van der Waals surface area contributed by atoms with Gasteiger partial charge in [-0.15, -0.1) is 0 Å². The van der Waals surface area contributed by atoms with Crippen LogP contribution in [0.1, 0.15) is 0 Å². The number of hydrogen-bond donors (Lipinski definition) is 2. The number of aromatic amines is 1. The van der Waals surface area contributed by atoms with E-state index < -0.39 is 0 Å². The number of hydrogen-bond acceptors (Lipinski definition) is 5. The summed E-state index contributed by atoms with van der Waals surface area (Å²) in [6, 6.07) is 7.96. The lowest BCUT2D eigenvalue weighted by atomic mass is 10.3. The van der Waals surface area contributed by atoms with Gasteiger partial charge in [0.1, 0.15) is 17.6 Å². The van der Waals surface area contributed by atoms with E-state index in [1.807, 2.05) is 0 Å². The summed E-state index contributed by atoms with van der Waals surface area (Å²) in [6.45, 7) is 0. The number of imidazole rings is 1. The molecule has 1 aromatic carbocycles. The lowest BCUT2D eigenvalue weighted by Crippen LogP contribution is -2.15. The third-order valence-electron chi connectivity index (χ3n) is 2.77. The highest BCUT2D eigenvalue weighted by Crippen LogP contribution is 2.23. The Labute approximate surface area is 107 Å². The number of anilines is 1. The van der Waals surface area contributed by atoms with Gasteiger partial charge in [0.25, 0.3) is 0 Å². The predicted molar refractivity (Wildman–Crippen MR) is 69.3 cm³/mol. The van der Waals surface area contributed by atoms with Crippen LogP contribution in [0.5, 0.6) is 5.75 Å². The van der Waals surface area contributed by atoms with Gasteiger partial charge < -0.3 is 15.5 Å². The zero-order valence-electron chi connectivity index (χ0n) is 10.0. The molecule has 7 heteroatoms. The first-order valence-electron chi connectivity index (χ1n) is 5.48. The van der Waals surface area contributed by atoms with Crippen molar-refractivity contribution in [3.63, 3.8) is 0 Å². The van der Waals surface area contributed by atoms with Gasteiger partial charge in [0.2, 0.25) is 0 Å². The number of ether oxygens (including phenoxy) is 1. The monoisotopic (exact) mass is 256 g/mol. The summed E-state index contributed by atoms with van der Waals surface area (Å²) in [6.07, 6.45) is 1.31. The zero-order chi connectivity index (χ0) is 13.4. The molecule has 3 N–H and O–H groups in total. The van der Waals surface area contributed by atoms with E-state index in [-0.39, 0.29) is 11.5 Å². The maximum atomic E-state index is 12.1. The van der Waals surface area contributed by atoms with E-state index >= 15 is 0 Å². The Bertz CT molecular complexity index is 805. The second-order valence-corrected chi connectivity index (χ2v) is 3.82. The summed E-state index contributed by atoms with van der Waals surface area (Å²) in [5.41, 5.74) is 6.69. The van der Waals surface area contributed by atoms with Crippen LogP contribution in [-0.2, 0) is 0 Å². The Morgan fingerprint density at radius 2 is 2.32 bits per heavy atom. The van der Waals surface area contributed by atoms with Gasteiger partial charge in [0.15, 0.2) is 11.5 Å². The maximum Gasteiger partial charge on any atom is 0.332 e. The molecule has 0 amide bonds. The number of nitrogens with two attached hydrogens (primary N) is 1. The molecule has 3 aromatic rings. The number of methoxy groups -OCH3 is 1. The molecule has 7 nitrogen and oxygen atoms in total. The first kappa shape index (κ1) is 11.3. The summed E-state index contributed by atoms with van der Waals surface area (Å²) < 4.78 is 6.61. The lowest BCUT2D eigenvalue weighted by Gasteiger charge is -2.08. The van der Waals surface area contributed by atoms with Crippen LogP contribution in [0.3, 0.4) is 0 Å². The first-order valence-corrected chi connectivity index (χ1v) is 5.48. The van der Waals surface area contributed by atoms with Gasteiger partial charge in [0, 0.05) is 0 Å². The Morgan fingerprint density at radius 3 is 3.11 bits per heavy atom. The molecule has 0 atom stereocenters. The van der Waals surface area contributed by atoms with Gasteiger partial charge in [-0.25, -0.2) is 19.3 Å². The molecule has 3 rings (SSSR count). The van der Waals surface area contributed by atoms with Crippen molar-refractivity contribution < 1.29 is 4.74 Å². The van der Waals surface area contributed by atoms with Crippen molar-refractivity contribution in [3.05, 3.63) is 41.1 Å². The Hall–Kier alpha value is -2.83. The van der Waals surface area contributed by atoms with Crippen LogP contribution in [0.2, 0.25) is 0 Å². The summed E-state index contributed by atoms with van der Waals surface area (Å²) >= 11 is 0. The smallest absolute Gasteiger partial charge is 0.332 e. The van der Waals surface area contributed by atoms with Crippen LogP contribution in [0.25, 0.3) is 16.9 Å². The molecule has 0 saturated heterocycles. The Kier molecular flexibility index (Phi) is 2.45. The van der Waals surface area contributed by atoms with Crippen molar-refractivity contribution in [1.29, 1.82) is 0 Å². The highest BCUT2D eigenvalue weighted by molar-refractivity contribution is 5.82. The van der Waals surface area contributed by atoms with Crippen molar-refractivity contribution in [2.24, 2.45) is 0 Å². The molecule has 2 aromatic heterocycles. The Balaban J connectivity index is 2.40. The van der Waals surface area contributed by atoms with E-state index in [4.69, 9.17) is 10.5 Å². The molecule has 1 radical (unpaired) electrons. The number of rotatable bonds is 2. The van der Waals surface area contributed by atoms with Crippen molar-refractivity contribution >= 4 is 17.0 Å². The number of nitrogen functional groups attached to an aromatic ring is 1. The van der Waals surface area contributed by atoms with Crippen LogP contribution in [0.15, 0.2) is 29.3 Å². The number of nitrogens with zero attached hydrogens (tertiary/aromatic N) is 3. The zero-order valence-corrected chi connectivity index (χ0v) is 10.0. The van der Waals surface area contributed by atoms with Crippen LogP contribution < -0.4 is 16.2 Å². The molecule has 0 bridgehead atoms. The number of nitrogens with one attached hydrogen (secondary N) is 1. The van der Waals surface area contributed by atoms with E-state index in [0.717, 1.165) is 0 Å². The number of H-pyrrole nitrogens is 1. The number of aromatic nitrogens is 4. The molecule has 95 valence electrons. The third kappa shape index (κ3) is 1.63. The predicted octanol–water partition coefficient (Wildman–Crippen LogP) is 0.500. The molecule has 0 spiro atoms. The minimum Gasteiger partial charge on any atom is -0.495 e. The molecule has 0 aliphatic carbocycles. The molecule has 19 heavy (non-hydrogen) atoms. The molecular weight excluding hydrogens is 246 g/mol. The summed E-state index contributed by atoms with van der Waals surface area (Å²) in [5, 5.41) is 0. The average Bonchev–Trinajstić information content (AvgIpc) is 2.76. The maximum absolute atomic E-state index is 12.1. The highest BCUT2D eigenvalue weighted by Gasteiger charge is 2.15. The van der Waals surface area contributed by atoms with Crippen LogP contribution in [-0.4, -0.2) is 26.6 Å². The summed E-state index contributed by atoms with van der Waals surface area (Å²) in [7, 11) is 1.53. The molecule has 0 fully saturated rings. The van der Waals surface area contributed by atoms with Crippen molar-refractivity contribution in [2.75, 3.05) is 12.8 Å². The second-order valence-electron chi connectivity index (χ2n) is 3.82. The lowest BCUT2D eigenvalue weighted by molar-refractivity contribution is 0.413. The third-order valence-corrected chi connectivity index (χ3v) is 2.77. The fraction of sp³-hybridized carbons (Fsp3) is 0.0833. The molecule has 2 heterocycles. The minimum atomic E-state index is -0.361. The van der Waals surface area contributed by atoms with Crippen LogP contribution >= 0.6 is 0 Å². The average molecular weight is 256 g/mol. The number of fused-ring (bicyclic) bond motifs is 1. The minimum absolute atomic E-state index is 0.222. The van der Waals surface area contributed by atoms with E-state index in [1.165, 1.54) is 18.0 Å². The summed E-state index contributed by atoms with van der Waals surface area (Å²) in [5.74, 6) is 0.763. The highest BCUT2D eigenvalue weighted by atomic mass is 16.5.